The molecule has 4 nitrogen and oxygen atoms in total. The summed E-state index contributed by atoms with van der Waals surface area (Å²) in [4.78, 5) is 0. The minimum absolute atomic E-state index is 0.517. The highest BCUT2D eigenvalue weighted by Crippen LogP contribution is 2.29. The van der Waals surface area contributed by atoms with Crippen LogP contribution in [0.15, 0.2) is 28.7 Å². The quantitative estimate of drug-likeness (QED) is 0.940. The molecule has 0 radical (unpaired) electrons. The summed E-state index contributed by atoms with van der Waals surface area (Å²) < 4.78 is 7.86. The second-order valence-corrected chi connectivity index (χ2v) is 5.36. The van der Waals surface area contributed by atoms with Crippen LogP contribution in [-0.2, 0) is 13.5 Å². The number of rotatable bonds is 4. The van der Waals surface area contributed by atoms with Crippen molar-refractivity contribution >= 4 is 15.9 Å². The topological polar surface area (TPSA) is 47.3 Å². The first-order valence-electron chi connectivity index (χ1n) is 6.02. The highest BCUT2D eigenvalue weighted by Gasteiger charge is 2.15. The molecule has 0 spiro atoms. The van der Waals surface area contributed by atoms with Gasteiger partial charge in [-0.3, -0.25) is 4.68 Å². The third-order valence-electron chi connectivity index (χ3n) is 3.06. The van der Waals surface area contributed by atoms with Gasteiger partial charge in [0.2, 0.25) is 0 Å². The number of hydrogen-bond donors (Lipinski definition) is 1. The van der Waals surface area contributed by atoms with Gasteiger partial charge in [0.05, 0.1) is 18.9 Å². The molecule has 2 rings (SSSR count). The number of methoxy groups -OCH3 is 1. The first-order valence-corrected chi connectivity index (χ1v) is 6.81. The van der Waals surface area contributed by atoms with E-state index < -0.39 is 6.10 Å². The Kier molecular flexibility index (Phi) is 4.27. The van der Waals surface area contributed by atoms with Gasteiger partial charge in [-0.05, 0) is 36.8 Å². The van der Waals surface area contributed by atoms with Gasteiger partial charge in [0.15, 0.2) is 0 Å². The Hall–Kier alpha value is -1.33. The summed E-state index contributed by atoms with van der Waals surface area (Å²) in [5.41, 5.74) is 2.77. The van der Waals surface area contributed by atoms with Crippen LogP contribution in [0.4, 0.5) is 0 Å². The van der Waals surface area contributed by atoms with E-state index in [1.54, 1.807) is 11.8 Å². The monoisotopic (exact) mass is 324 g/mol. The van der Waals surface area contributed by atoms with Crippen molar-refractivity contribution < 1.29 is 9.84 Å². The lowest BCUT2D eigenvalue weighted by Crippen LogP contribution is -2.07. The van der Waals surface area contributed by atoms with E-state index in [1.165, 1.54) is 0 Å². The summed E-state index contributed by atoms with van der Waals surface area (Å²) in [6.07, 6.45) is -0.0809. The van der Waals surface area contributed by atoms with Crippen molar-refractivity contribution in [1.29, 1.82) is 0 Å². The molecule has 102 valence electrons. The lowest BCUT2D eigenvalue weighted by molar-refractivity contribution is 0.174. The van der Waals surface area contributed by atoms with Crippen molar-refractivity contribution in [2.45, 2.75) is 19.4 Å². The van der Waals surface area contributed by atoms with Crippen molar-refractivity contribution in [1.82, 2.24) is 9.78 Å². The van der Waals surface area contributed by atoms with Gasteiger partial charge in [-0.15, -0.1) is 0 Å². The molecule has 0 bridgehead atoms. The van der Waals surface area contributed by atoms with Crippen LogP contribution < -0.4 is 4.74 Å². The lowest BCUT2D eigenvalue weighted by atomic mass is 10.0. The third kappa shape index (κ3) is 3.16. The number of ether oxygens (including phenoxy) is 1. The predicted molar refractivity (Wildman–Crippen MR) is 77.3 cm³/mol. The molecule has 1 aromatic carbocycles. The molecule has 0 aliphatic rings. The number of aryl methyl sites for hydroxylation is 2. The molecule has 1 aromatic heterocycles. The SMILES string of the molecule is COc1ccc(Br)c(C(O)Cc2cc(C)nn2C)c1. The molecule has 0 saturated heterocycles. The Morgan fingerprint density at radius 2 is 2.16 bits per heavy atom. The first kappa shape index (κ1) is 14.1. The zero-order chi connectivity index (χ0) is 14.0. The van der Waals surface area contributed by atoms with Crippen LogP contribution in [0.5, 0.6) is 5.75 Å². The molecule has 19 heavy (non-hydrogen) atoms. The molecule has 1 atom stereocenters. The molecule has 0 amide bonds. The van der Waals surface area contributed by atoms with Gasteiger partial charge in [0.1, 0.15) is 5.75 Å². The smallest absolute Gasteiger partial charge is 0.119 e. The summed E-state index contributed by atoms with van der Waals surface area (Å²) in [5.74, 6) is 0.735. The fourth-order valence-electron chi connectivity index (χ4n) is 2.07. The second kappa shape index (κ2) is 5.75. The fraction of sp³-hybridized carbons (Fsp3) is 0.357. The predicted octanol–water partition coefficient (Wildman–Crippen LogP) is 2.78. The molecule has 0 saturated carbocycles. The summed E-state index contributed by atoms with van der Waals surface area (Å²) >= 11 is 3.46. The average Bonchev–Trinajstić information content (AvgIpc) is 2.68. The van der Waals surface area contributed by atoms with E-state index in [4.69, 9.17) is 4.74 Å². The number of aromatic nitrogens is 2. The fourth-order valence-corrected chi connectivity index (χ4v) is 2.58. The zero-order valence-electron chi connectivity index (χ0n) is 11.2. The number of aliphatic hydroxyl groups is 1. The first-order chi connectivity index (χ1) is 9.01. The van der Waals surface area contributed by atoms with E-state index in [0.717, 1.165) is 27.2 Å². The van der Waals surface area contributed by atoms with Crippen LogP contribution in [0.25, 0.3) is 0 Å². The van der Waals surface area contributed by atoms with Crippen molar-refractivity contribution in [3.05, 3.63) is 45.7 Å². The Morgan fingerprint density at radius 3 is 2.74 bits per heavy atom. The highest BCUT2D eigenvalue weighted by atomic mass is 79.9. The Balaban J connectivity index is 2.24. The molecular weight excluding hydrogens is 308 g/mol. The summed E-state index contributed by atoms with van der Waals surface area (Å²) in [5, 5.41) is 14.7. The van der Waals surface area contributed by atoms with Crippen molar-refractivity contribution in [3.8, 4) is 5.75 Å². The van der Waals surface area contributed by atoms with Crippen LogP contribution in [0.2, 0.25) is 0 Å². The van der Waals surface area contributed by atoms with Gasteiger partial charge in [-0.1, -0.05) is 15.9 Å². The standard InChI is InChI=1S/C14H17BrN2O2/c1-9-6-10(17(2)16-9)7-14(18)12-8-11(19-3)4-5-13(12)15/h4-6,8,14,18H,7H2,1-3H3. The lowest BCUT2D eigenvalue weighted by Gasteiger charge is -2.14. The normalized spacial score (nSPS) is 12.5. The van der Waals surface area contributed by atoms with E-state index >= 15 is 0 Å². The van der Waals surface area contributed by atoms with Gasteiger partial charge in [-0.2, -0.15) is 5.10 Å². The maximum atomic E-state index is 10.4. The number of nitrogens with zero attached hydrogens (tertiary/aromatic N) is 2. The zero-order valence-corrected chi connectivity index (χ0v) is 12.8. The van der Waals surface area contributed by atoms with Crippen LogP contribution in [-0.4, -0.2) is 22.0 Å². The summed E-state index contributed by atoms with van der Waals surface area (Å²) in [6.45, 7) is 1.94. The van der Waals surface area contributed by atoms with E-state index in [0.29, 0.717) is 6.42 Å². The summed E-state index contributed by atoms with van der Waals surface area (Å²) in [7, 11) is 3.50. The van der Waals surface area contributed by atoms with E-state index in [2.05, 4.69) is 21.0 Å². The van der Waals surface area contributed by atoms with Crippen LogP contribution in [0.3, 0.4) is 0 Å². The van der Waals surface area contributed by atoms with Crippen molar-refractivity contribution in [2.75, 3.05) is 7.11 Å². The molecule has 1 heterocycles. The molecular formula is C14H17BrN2O2. The van der Waals surface area contributed by atoms with Gasteiger partial charge in [0, 0.05) is 23.6 Å². The highest BCUT2D eigenvalue weighted by molar-refractivity contribution is 9.10. The molecule has 0 aliphatic heterocycles. The third-order valence-corrected chi connectivity index (χ3v) is 3.79. The number of halogens is 1. The van der Waals surface area contributed by atoms with E-state index in [9.17, 15) is 5.11 Å². The Bertz CT molecular complexity index is 581. The second-order valence-electron chi connectivity index (χ2n) is 4.51. The minimum Gasteiger partial charge on any atom is -0.497 e. The van der Waals surface area contributed by atoms with Crippen molar-refractivity contribution in [3.63, 3.8) is 0 Å². The number of aliphatic hydroxyl groups excluding tert-OH is 1. The van der Waals surface area contributed by atoms with Gasteiger partial charge >= 0.3 is 0 Å². The van der Waals surface area contributed by atoms with Gasteiger partial charge < -0.3 is 9.84 Å². The number of hydrogen-bond acceptors (Lipinski definition) is 3. The van der Waals surface area contributed by atoms with E-state index in [1.807, 2.05) is 38.2 Å². The average molecular weight is 325 g/mol. The van der Waals surface area contributed by atoms with Crippen LogP contribution in [0.1, 0.15) is 23.1 Å². The van der Waals surface area contributed by atoms with Crippen LogP contribution in [0, 0.1) is 6.92 Å². The molecule has 0 aliphatic carbocycles. The van der Waals surface area contributed by atoms with E-state index in [-0.39, 0.29) is 0 Å². The maximum Gasteiger partial charge on any atom is 0.119 e. The summed E-state index contributed by atoms with van der Waals surface area (Å²) in [6, 6.07) is 7.57. The molecule has 0 fully saturated rings. The molecule has 1 N–H and O–H groups in total. The molecule has 1 unspecified atom stereocenters. The minimum atomic E-state index is -0.598. The largest absolute Gasteiger partial charge is 0.497 e. The Labute approximate surface area is 121 Å². The number of benzene rings is 1. The van der Waals surface area contributed by atoms with Gasteiger partial charge in [-0.25, -0.2) is 0 Å². The maximum absolute atomic E-state index is 10.4. The Morgan fingerprint density at radius 1 is 1.42 bits per heavy atom. The van der Waals surface area contributed by atoms with Crippen LogP contribution >= 0.6 is 15.9 Å². The van der Waals surface area contributed by atoms with Crippen molar-refractivity contribution in [2.24, 2.45) is 7.05 Å². The van der Waals surface area contributed by atoms with Gasteiger partial charge in [0.25, 0.3) is 0 Å². The molecule has 2 aromatic rings. The molecule has 5 heteroatoms.